The van der Waals surface area contributed by atoms with Gasteiger partial charge in [0.25, 0.3) is 0 Å². The average Bonchev–Trinajstić information content (AvgIpc) is 2.14. The standard InChI is InChI=1S/C9H15NO4/c1-7(2)9(12)10-6-8(11)14-5-4-13-3/h1,4-6H2,2-3H3,(H,10,12). The van der Waals surface area contributed by atoms with Crippen LogP contribution in [0.3, 0.4) is 0 Å². The summed E-state index contributed by atoms with van der Waals surface area (Å²) in [6, 6.07) is 0. The molecule has 0 radical (unpaired) electrons. The van der Waals surface area contributed by atoms with Gasteiger partial charge in [0.15, 0.2) is 0 Å². The van der Waals surface area contributed by atoms with Crippen molar-refractivity contribution in [2.45, 2.75) is 6.92 Å². The minimum atomic E-state index is -0.489. The van der Waals surface area contributed by atoms with E-state index in [1.807, 2.05) is 0 Å². The molecule has 0 atom stereocenters. The van der Waals surface area contributed by atoms with Gasteiger partial charge in [0.05, 0.1) is 6.61 Å². The fourth-order valence-electron chi connectivity index (χ4n) is 0.593. The van der Waals surface area contributed by atoms with Crippen molar-refractivity contribution < 1.29 is 19.1 Å². The highest BCUT2D eigenvalue weighted by atomic mass is 16.6. The lowest BCUT2D eigenvalue weighted by atomic mass is 10.3. The van der Waals surface area contributed by atoms with Crippen LogP contribution in [0.5, 0.6) is 0 Å². The Morgan fingerprint density at radius 2 is 2.00 bits per heavy atom. The van der Waals surface area contributed by atoms with E-state index in [2.05, 4.69) is 16.6 Å². The number of carbonyl (C=O) groups excluding carboxylic acids is 2. The van der Waals surface area contributed by atoms with Gasteiger partial charge in [-0.1, -0.05) is 6.58 Å². The predicted octanol–water partition coefficient (Wildman–Crippen LogP) is -0.132. The zero-order chi connectivity index (χ0) is 11.0. The van der Waals surface area contributed by atoms with Crippen LogP contribution in [0.25, 0.3) is 0 Å². The van der Waals surface area contributed by atoms with Gasteiger partial charge in [-0.15, -0.1) is 0 Å². The molecule has 1 amide bonds. The molecule has 80 valence electrons. The molecule has 0 aliphatic heterocycles. The summed E-state index contributed by atoms with van der Waals surface area (Å²) in [7, 11) is 1.51. The van der Waals surface area contributed by atoms with Crippen LogP contribution in [0.4, 0.5) is 0 Å². The highest BCUT2D eigenvalue weighted by Crippen LogP contribution is 1.85. The van der Waals surface area contributed by atoms with Gasteiger partial charge in [0, 0.05) is 12.7 Å². The molecule has 5 nitrogen and oxygen atoms in total. The van der Waals surface area contributed by atoms with E-state index >= 15 is 0 Å². The van der Waals surface area contributed by atoms with Crippen molar-refractivity contribution in [2.24, 2.45) is 0 Å². The Morgan fingerprint density at radius 1 is 1.36 bits per heavy atom. The smallest absolute Gasteiger partial charge is 0.325 e. The van der Waals surface area contributed by atoms with Crippen molar-refractivity contribution in [1.82, 2.24) is 5.32 Å². The number of hydrogen-bond donors (Lipinski definition) is 1. The Bertz CT molecular complexity index is 225. The third-order valence-electron chi connectivity index (χ3n) is 1.33. The van der Waals surface area contributed by atoms with E-state index in [1.165, 1.54) is 7.11 Å². The fraction of sp³-hybridized carbons (Fsp3) is 0.556. The van der Waals surface area contributed by atoms with E-state index in [4.69, 9.17) is 4.74 Å². The molecular formula is C9H15NO4. The van der Waals surface area contributed by atoms with Gasteiger partial charge in [0.1, 0.15) is 13.2 Å². The molecule has 0 bridgehead atoms. The van der Waals surface area contributed by atoms with E-state index in [-0.39, 0.29) is 19.1 Å². The van der Waals surface area contributed by atoms with Gasteiger partial charge in [-0.25, -0.2) is 0 Å². The van der Waals surface area contributed by atoms with Crippen LogP contribution in [0, 0.1) is 0 Å². The lowest BCUT2D eigenvalue weighted by molar-refractivity contribution is -0.144. The average molecular weight is 201 g/mol. The van der Waals surface area contributed by atoms with Crippen LogP contribution < -0.4 is 5.32 Å². The summed E-state index contributed by atoms with van der Waals surface area (Å²) in [4.78, 5) is 21.9. The molecular weight excluding hydrogens is 186 g/mol. The number of amides is 1. The largest absolute Gasteiger partial charge is 0.462 e. The maximum Gasteiger partial charge on any atom is 0.325 e. The molecule has 0 aliphatic carbocycles. The molecule has 1 N–H and O–H groups in total. The molecule has 0 fully saturated rings. The van der Waals surface area contributed by atoms with Crippen LogP contribution in [0.1, 0.15) is 6.92 Å². The van der Waals surface area contributed by atoms with Gasteiger partial charge in [-0.2, -0.15) is 0 Å². The van der Waals surface area contributed by atoms with E-state index in [1.54, 1.807) is 6.92 Å². The van der Waals surface area contributed by atoms with E-state index in [0.29, 0.717) is 12.2 Å². The number of carbonyl (C=O) groups is 2. The summed E-state index contributed by atoms with van der Waals surface area (Å²) in [5.74, 6) is -0.842. The number of ether oxygens (including phenoxy) is 2. The highest BCUT2D eigenvalue weighted by molar-refractivity contribution is 5.94. The quantitative estimate of drug-likeness (QED) is 0.369. The minimum Gasteiger partial charge on any atom is -0.462 e. The monoisotopic (exact) mass is 201 g/mol. The second-order valence-corrected chi connectivity index (χ2v) is 2.68. The maximum absolute atomic E-state index is 10.9. The van der Waals surface area contributed by atoms with Crippen LogP contribution in [-0.4, -0.2) is 38.7 Å². The van der Waals surface area contributed by atoms with Gasteiger partial charge < -0.3 is 14.8 Å². The number of rotatable bonds is 6. The summed E-state index contributed by atoms with van der Waals surface area (Å²) in [5.41, 5.74) is 0.356. The summed E-state index contributed by atoms with van der Waals surface area (Å²) in [6.45, 7) is 5.38. The number of esters is 1. The molecule has 5 heteroatoms. The number of nitrogens with one attached hydrogen (secondary N) is 1. The van der Waals surface area contributed by atoms with E-state index in [0.717, 1.165) is 0 Å². The van der Waals surface area contributed by atoms with Crippen molar-refractivity contribution in [1.29, 1.82) is 0 Å². The lowest BCUT2D eigenvalue weighted by Gasteiger charge is -2.05. The topological polar surface area (TPSA) is 64.6 Å². The predicted molar refractivity (Wildman–Crippen MR) is 50.7 cm³/mol. The molecule has 0 unspecified atom stereocenters. The third-order valence-corrected chi connectivity index (χ3v) is 1.33. The molecule has 0 saturated heterocycles. The van der Waals surface area contributed by atoms with Gasteiger partial charge in [0.2, 0.25) is 5.91 Å². The second-order valence-electron chi connectivity index (χ2n) is 2.68. The van der Waals surface area contributed by atoms with Gasteiger partial charge in [-0.3, -0.25) is 9.59 Å². The summed E-state index contributed by atoms with van der Waals surface area (Å²) >= 11 is 0. The molecule has 0 heterocycles. The molecule has 14 heavy (non-hydrogen) atoms. The Kier molecular flexibility index (Phi) is 6.39. The Morgan fingerprint density at radius 3 is 2.50 bits per heavy atom. The summed E-state index contributed by atoms with van der Waals surface area (Å²) in [5, 5.41) is 2.35. The Balaban J connectivity index is 3.54. The normalized spacial score (nSPS) is 9.29. The van der Waals surface area contributed by atoms with E-state index in [9.17, 15) is 9.59 Å². The van der Waals surface area contributed by atoms with Crippen LogP contribution >= 0.6 is 0 Å². The van der Waals surface area contributed by atoms with Crippen molar-refractivity contribution in [3.05, 3.63) is 12.2 Å². The molecule has 0 spiro atoms. The Hall–Kier alpha value is -1.36. The van der Waals surface area contributed by atoms with E-state index < -0.39 is 5.97 Å². The molecule has 0 aliphatic rings. The first kappa shape index (κ1) is 12.6. The number of hydrogen-bond acceptors (Lipinski definition) is 4. The van der Waals surface area contributed by atoms with Gasteiger partial charge >= 0.3 is 5.97 Å². The Labute approximate surface area is 83.1 Å². The van der Waals surface area contributed by atoms with Crippen molar-refractivity contribution in [3.63, 3.8) is 0 Å². The van der Waals surface area contributed by atoms with Crippen molar-refractivity contribution >= 4 is 11.9 Å². The molecule has 0 aromatic carbocycles. The highest BCUT2D eigenvalue weighted by Gasteiger charge is 2.05. The molecule has 0 saturated carbocycles. The maximum atomic E-state index is 10.9. The SMILES string of the molecule is C=C(C)C(=O)NCC(=O)OCCOC. The van der Waals surface area contributed by atoms with Crippen molar-refractivity contribution in [2.75, 3.05) is 26.9 Å². The molecule has 0 rings (SSSR count). The third kappa shape index (κ3) is 6.19. The first-order chi connectivity index (χ1) is 6.57. The first-order valence-corrected chi connectivity index (χ1v) is 4.16. The lowest BCUT2D eigenvalue weighted by Crippen LogP contribution is -2.31. The zero-order valence-corrected chi connectivity index (χ0v) is 8.46. The fourth-order valence-corrected chi connectivity index (χ4v) is 0.593. The van der Waals surface area contributed by atoms with Crippen LogP contribution in [0.2, 0.25) is 0 Å². The number of methoxy groups -OCH3 is 1. The van der Waals surface area contributed by atoms with Crippen LogP contribution in [0.15, 0.2) is 12.2 Å². The minimum absolute atomic E-state index is 0.143. The van der Waals surface area contributed by atoms with Crippen LogP contribution in [-0.2, 0) is 19.1 Å². The first-order valence-electron chi connectivity index (χ1n) is 4.16. The second kappa shape index (κ2) is 7.08. The molecule has 0 aromatic rings. The summed E-state index contributed by atoms with van der Waals surface area (Å²) in [6.07, 6.45) is 0. The van der Waals surface area contributed by atoms with Gasteiger partial charge in [-0.05, 0) is 6.92 Å². The molecule has 0 aromatic heterocycles. The van der Waals surface area contributed by atoms with Crippen molar-refractivity contribution in [3.8, 4) is 0 Å². The zero-order valence-electron chi connectivity index (χ0n) is 8.46. The summed E-state index contributed by atoms with van der Waals surface area (Å²) < 4.78 is 9.38.